The van der Waals surface area contributed by atoms with E-state index in [1.807, 2.05) is 6.92 Å². The number of thiol groups is 1. The van der Waals surface area contributed by atoms with E-state index in [2.05, 4.69) is 12.6 Å². The Balaban J connectivity index is 2.14. The number of aliphatic carboxylic acids is 1. The minimum Gasteiger partial charge on any atom is -0.480 e. The Bertz CT molecular complexity index is 361. The van der Waals surface area contributed by atoms with Crippen molar-refractivity contribution < 1.29 is 14.7 Å². The molecule has 2 rings (SSSR count). The summed E-state index contributed by atoms with van der Waals surface area (Å²) in [7, 11) is 0. The van der Waals surface area contributed by atoms with Crippen molar-refractivity contribution in [2.45, 2.75) is 45.1 Å². The summed E-state index contributed by atoms with van der Waals surface area (Å²) in [6.45, 7) is 2.44. The molecule has 1 N–H and O–H groups in total. The zero-order chi connectivity index (χ0) is 14.0. The number of carboxylic acid groups (broad SMARTS) is 1. The van der Waals surface area contributed by atoms with Gasteiger partial charge >= 0.3 is 5.97 Å². The number of amides is 1. The van der Waals surface area contributed by atoms with Crippen molar-refractivity contribution in [3.63, 3.8) is 0 Å². The molecule has 4 atom stereocenters. The van der Waals surface area contributed by atoms with Crippen LogP contribution in [0.15, 0.2) is 0 Å². The first kappa shape index (κ1) is 14.7. The van der Waals surface area contributed by atoms with Gasteiger partial charge in [-0.2, -0.15) is 12.6 Å². The van der Waals surface area contributed by atoms with Crippen LogP contribution in [0.5, 0.6) is 0 Å². The van der Waals surface area contributed by atoms with Gasteiger partial charge in [-0.1, -0.05) is 26.2 Å². The van der Waals surface area contributed by atoms with E-state index in [4.69, 9.17) is 0 Å². The Kier molecular flexibility index (Phi) is 4.76. The molecule has 4 nitrogen and oxygen atoms in total. The van der Waals surface area contributed by atoms with Crippen LogP contribution in [0.3, 0.4) is 0 Å². The second-order valence-electron chi connectivity index (χ2n) is 5.97. The van der Waals surface area contributed by atoms with E-state index >= 15 is 0 Å². The van der Waals surface area contributed by atoms with Gasteiger partial charge in [-0.05, 0) is 24.7 Å². The zero-order valence-corrected chi connectivity index (χ0v) is 12.3. The molecule has 2 unspecified atom stereocenters. The molecule has 0 aromatic carbocycles. The van der Waals surface area contributed by atoms with Gasteiger partial charge < -0.3 is 10.0 Å². The van der Waals surface area contributed by atoms with Crippen LogP contribution in [-0.4, -0.2) is 40.2 Å². The number of hydrogen-bond acceptors (Lipinski definition) is 3. The van der Waals surface area contributed by atoms with Crippen molar-refractivity contribution in [3.05, 3.63) is 0 Å². The molecular weight excluding hydrogens is 262 g/mol. The Labute approximate surface area is 120 Å². The Morgan fingerprint density at radius 1 is 1.32 bits per heavy atom. The fourth-order valence-corrected chi connectivity index (χ4v) is 3.62. The van der Waals surface area contributed by atoms with Crippen molar-refractivity contribution in [1.29, 1.82) is 0 Å². The Morgan fingerprint density at radius 2 is 1.95 bits per heavy atom. The number of hydrogen-bond donors (Lipinski definition) is 2. The standard InChI is InChI=1S/C14H23NO3S/c1-9(8-19)13(16)15-7-11-5-3-2-4-10(11)6-12(15)14(17)18/h9-12,19H,2-8H2,1H3,(H,17,18)/t9?,10-,11?,12+/m1/s1. The average Bonchev–Trinajstić information content (AvgIpc) is 2.44. The molecular formula is C14H23NO3S. The number of rotatable bonds is 3. The van der Waals surface area contributed by atoms with E-state index in [-0.39, 0.29) is 11.8 Å². The summed E-state index contributed by atoms with van der Waals surface area (Å²) in [6.07, 6.45) is 5.30. The topological polar surface area (TPSA) is 57.6 Å². The second-order valence-corrected chi connectivity index (χ2v) is 6.33. The zero-order valence-electron chi connectivity index (χ0n) is 11.4. The van der Waals surface area contributed by atoms with Gasteiger partial charge in [0, 0.05) is 18.2 Å². The molecule has 0 radical (unpaired) electrons. The lowest BCUT2D eigenvalue weighted by Gasteiger charge is -2.45. The van der Waals surface area contributed by atoms with E-state index in [0.717, 1.165) is 12.8 Å². The highest BCUT2D eigenvalue weighted by Gasteiger charge is 2.42. The SMILES string of the molecule is CC(CS)C(=O)N1CC2CCCC[C@@H]2C[C@H]1C(=O)O. The molecule has 19 heavy (non-hydrogen) atoms. The van der Waals surface area contributed by atoms with Crippen LogP contribution in [0.1, 0.15) is 39.0 Å². The van der Waals surface area contributed by atoms with Crippen LogP contribution in [-0.2, 0) is 9.59 Å². The molecule has 1 aliphatic carbocycles. The van der Waals surface area contributed by atoms with Gasteiger partial charge in [0.1, 0.15) is 6.04 Å². The number of carboxylic acids is 1. The Morgan fingerprint density at radius 3 is 2.53 bits per heavy atom. The summed E-state index contributed by atoms with van der Waals surface area (Å²) in [5, 5.41) is 9.39. The molecule has 2 fully saturated rings. The van der Waals surface area contributed by atoms with Gasteiger partial charge in [-0.25, -0.2) is 4.79 Å². The molecule has 1 heterocycles. The molecule has 0 spiro atoms. The minimum absolute atomic E-state index is 0.0496. The molecule has 1 saturated heterocycles. The third-order valence-electron chi connectivity index (χ3n) is 4.66. The predicted molar refractivity (Wildman–Crippen MR) is 76.2 cm³/mol. The molecule has 0 aromatic rings. The van der Waals surface area contributed by atoms with E-state index in [0.29, 0.717) is 30.6 Å². The van der Waals surface area contributed by atoms with E-state index in [1.165, 1.54) is 12.8 Å². The average molecular weight is 285 g/mol. The van der Waals surface area contributed by atoms with Gasteiger partial charge in [0.25, 0.3) is 0 Å². The lowest BCUT2D eigenvalue weighted by molar-refractivity contribution is -0.157. The van der Waals surface area contributed by atoms with Crippen LogP contribution in [0.25, 0.3) is 0 Å². The molecule has 2 aliphatic rings. The summed E-state index contributed by atoms with van der Waals surface area (Å²) in [5.41, 5.74) is 0. The van der Waals surface area contributed by atoms with E-state index in [1.54, 1.807) is 4.90 Å². The number of carbonyl (C=O) groups excluding carboxylic acids is 1. The summed E-state index contributed by atoms with van der Waals surface area (Å²) in [6, 6.07) is -0.630. The molecule has 0 bridgehead atoms. The largest absolute Gasteiger partial charge is 0.480 e. The molecule has 108 valence electrons. The summed E-state index contributed by atoms with van der Waals surface area (Å²) in [4.78, 5) is 25.4. The van der Waals surface area contributed by atoms with Crippen LogP contribution in [0.2, 0.25) is 0 Å². The number of piperidine rings is 1. The highest BCUT2D eigenvalue weighted by atomic mass is 32.1. The predicted octanol–water partition coefficient (Wildman–Crippen LogP) is 2.04. The van der Waals surface area contributed by atoms with Crippen molar-refractivity contribution in [1.82, 2.24) is 4.90 Å². The van der Waals surface area contributed by atoms with Gasteiger partial charge in [0.05, 0.1) is 0 Å². The maximum absolute atomic E-state index is 12.3. The highest BCUT2D eigenvalue weighted by Crippen LogP contribution is 2.39. The molecule has 1 amide bonds. The van der Waals surface area contributed by atoms with Crippen LogP contribution in [0, 0.1) is 17.8 Å². The quantitative estimate of drug-likeness (QED) is 0.780. The van der Waals surface area contributed by atoms with Crippen molar-refractivity contribution in [3.8, 4) is 0 Å². The molecule has 0 aromatic heterocycles. The van der Waals surface area contributed by atoms with Crippen molar-refractivity contribution in [2.75, 3.05) is 12.3 Å². The fraction of sp³-hybridized carbons (Fsp3) is 0.857. The monoisotopic (exact) mass is 285 g/mol. The Hall–Kier alpha value is -0.710. The maximum atomic E-state index is 12.3. The lowest BCUT2D eigenvalue weighted by atomic mass is 9.72. The van der Waals surface area contributed by atoms with Crippen molar-refractivity contribution in [2.24, 2.45) is 17.8 Å². The number of nitrogens with zero attached hydrogens (tertiary/aromatic N) is 1. The van der Waals surface area contributed by atoms with Gasteiger partial charge in [-0.15, -0.1) is 0 Å². The summed E-state index contributed by atoms with van der Waals surface area (Å²) < 4.78 is 0. The van der Waals surface area contributed by atoms with E-state index < -0.39 is 12.0 Å². The van der Waals surface area contributed by atoms with Crippen LogP contribution in [0.4, 0.5) is 0 Å². The molecule has 1 saturated carbocycles. The summed E-state index contributed by atoms with van der Waals surface area (Å²) in [5.74, 6) is 0.349. The molecule has 5 heteroatoms. The van der Waals surface area contributed by atoms with Gasteiger partial charge in [-0.3, -0.25) is 4.79 Å². The fourth-order valence-electron chi connectivity index (χ4n) is 3.47. The van der Waals surface area contributed by atoms with Crippen LogP contribution < -0.4 is 0 Å². The maximum Gasteiger partial charge on any atom is 0.326 e. The third kappa shape index (κ3) is 3.07. The minimum atomic E-state index is -0.858. The highest BCUT2D eigenvalue weighted by molar-refractivity contribution is 7.80. The van der Waals surface area contributed by atoms with Crippen molar-refractivity contribution >= 4 is 24.5 Å². The lowest BCUT2D eigenvalue weighted by Crippen LogP contribution is -2.55. The first-order valence-corrected chi connectivity index (χ1v) is 7.82. The van der Waals surface area contributed by atoms with E-state index in [9.17, 15) is 14.7 Å². The first-order chi connectivity index (χ1) is 9.04. The smallest absolute Gasteiger partial charge is 0.326 e. The number of carbonyl (C=O) groups is 2. The number of fused-ring (bicyclic) bond motifs is 1. The first-order valence-electron chi connectivity index (χ1n) is 7.18. The second kappa shape index (κ2) is 6.16. The van der Waals surface area contributed by atoms with Crippen LogP contribution >= 0.6 is 12.6 Å². The summed E-state index contributed by atoms with van der Waals surface area (Å²) >= 11 is 4.15. The normalized spacial score (nSPS) is 32.5. The van der Waals surface area contributed by atoms with Gasteiger partial charge in [0.15, 0.2) is 0 Å². The third-order valence-corrected chi connectivity index (χ3v) is 5.21. The molecule has 1 aliphatic heterocycles. The number of likely N-dealkylation sites (tertiary alicyclic amines) is 1. The van der Waals surface area contributed by atoms with Gasteiger partial charge in [0.2, 0.25) is 5.91 Å².